The lowest BCUT2D eigenvalue weighted by atomic mass is 10.1. The summed E-state index contributed by atoms with van der Waals surface area (Å²) in [6.07, 6.45) is 0. The van der Waals surface area contributed by atoms with Crippen molar-refractivity contribution in [1.82, 2.24) is 0 Å². The summed E-state index contributed by atoms with van der Waals surface area (Å²) in [7, 11) is 0. The van der Waals surface area contributed by atoms with Crippen molar-refractivity contribution in [2.24, 2.45) is 0 Å². The molecule has 0 fully saturated rings. The van der Waals surface area contributed by atoms with Crippen LogP contribution in [0.4, 0.5) is 0 Å². The molecule has 0 saturated heterocycles. The molecule has 0 unspecified atom stereocenters. The molecule has 3 nitrogen and oxygen atoms in total. The Kier molecular flexibility index (Phi) is 5.48. The van der Waals surface area contributed by atoms with Gasteiger partial charge in [-0.3, -0.25) is 0 Å². The molecule has 0 aliphatic heterocycles. The topological polar surface area (TPSA) is 35.5 Å². The van der Waals surface area contributed by atoms with Crippen molar-refractivity contribution in [3.8, 4) is 11.5 Å². The number of carbonyl (C=O) groups is 1. The van der Waals surface area contributed by atoms with Crippen LogP contribution in [-0.2, 0) is 4.79 Å². The van der Waals surface area contributed by atoms with Crippen molar-refractivity contribution in [2.45, 2.75) is 20.8 Å². The van der Waals surface area contributed by atoms with E-state index >= 15 is 0 Å². The summed E-state index contributed by atoms with van der Waals surface area (Å²) < 4.78 is 11.7. The molecule has 0 aliphatic rings. The number of aryl methyl sites for hydroxylation is 3. The highest BCUT2D eigenvalue weighted by Crippen LogP contribution is 2.26. The maximum atomic E-state index is 11.9. The van der Waals surface area contributed by atoms with Gasteiger partial charge in [0, 0.05) is 9.50 Å². The first-order valence-electron chi connectivity index (χ1n) is 6.73. The van der Waals surface area contributed by atoms with Crippen molar-refractivity contribution in [2.75, 3.05) is 6.61 Å². The number of hydrogen-bond donors (Lipinski definition) is 0. The van der Waals surface area contributed by atoms with E-state index in [0.717, 1.165) is 21.2 Å². The smallest absolute Gasteiger partial charge is 0.349 e. The van der Waals surface area contributed by atoms with E-state index in [1.807, 2.05) is 39.0 Å². The van der Waals surface area contributed by atoms with E-state index in [0.29, 0.717) is 16.5 Å². The van der Waals surface area contributed by atoms with E-state index < -0.39 is 5.97 Å². The monoisotopic (exact) mass is 382 g/mol. The lowest BCUT2D eigenvalue weighted by Crippen LogP contribution is -2.18. The molecule has 0 radical (unpaired) electrons. The van der Waals surface area contributed by atoms with Crippen LogP contribution < -0.4 is 9.47 Å². The molecule has 0 aliphatic carbocycles. The summed E-state index contributed by atoms with van der Waals surface area (Å²) in [5, 5.41) is 0.682. The van der Waals surface area contributed by atoms with Gasteiger partial charge in [-0.25, -0.2) is 4.79 Å². The van der Waals surface area contributed by atoms with Gasteiger partial charge in [-0.2, -0.15) is 0 Å². The van der Waals surface area contributed by atoms with Gasteiger partial charge in [0.2, 0.25) is 0 Å². The number of ether oxygens (including phenoxy) is 2. The van der Waals surface area contributed by atoms with Crippen LogP contribution in [0.25, 0.3) is 0 Å². The van der Waals surface area contributed by atoms with E-state index in [2.05, 4.69) is 15.9 Å². The van der Waals surface area contributed by atoms with Crippen molar-refractivity contribution in [3.05, 3.63) is 56.5 Å². The van der Waals surface area contributed by atoms with E-state index in [1.165, 1.54) is 0 Å². The predicted octanol–water partition coefficient (Wildman–Crippen LogP) is 5.01. The minimum absolute atomic E-state index is 0.150. The highest BCUT2D eigenvalue weighted by atomic mass is 79.9. The van der Waals surface area contributed by atoms with Gasteiger partial charge in [0.15, 0.2) is 6.61 Å². The third kappa shape index (κ3) is 4.24. The predicted molar refractivity (Wildman–Crippen MR) is 90.9 cm³/mol. The largest absolute Gasteiger partial charge is 0.482 e. The van der Waals surface area contributed by atoms with Crippen LogP contribution in [0, 0.1) is 20.8 Å². The fraction of sp³-hybridized carbons (Fsp3) is 0.235. The van der Waals surface area contributed by atoms with Crippen molar-refractivity contribution in [1.29, 1.82) is 0 Å². The Bertz CT molecular complexity index is 690. The van der Waals surface area contributed by atoms with Gasteiger partial charge in [0.1, 0.15) is 11.5 Å². The Labute approximate surface area is 143 Å². The van der Waals surface area contributed by atoms with Gasteiger partial charge in [-0.1, -0.05) is 27.5 Å². The Morgan fingerprint density at radius 1 is 1.09 bits per heavy atom. The molecule has 0 bridgehead atoms. The molecule has 5 heteroatoms. The zero-order valence-electron chi connectivity index (χ0n) is 12.6. The number of rotatable bonds is 4. The minimum atomic E-state index is -0.455. The van der Waals surface area contributed by atoms with Crippen molar-refractivity contribution in [3.63, 3.8) is 0 Å². The summed E-state index contributed by atoms with van der Waals surface area (Å²) in [6, 6.07) is 9.06. The first-order chi connectivity index (χ1) is 10.4. The molecule has 0 N–H and O–H groups in total. The van der Waals surface area contributed by atoms with E-state index in [1.54, 1.807) is 12.1 Å². The van der Waals surface area contributed by atoms with Gasteiger partial charge < -0.3 is 9.47 Å². The SMILES string of the molecule is Cc1cc(Br)ccc1OCC(=O)Oc1cc(C)c(Cl)c(C)c1. The standard InChI is InChI=1S/C17H16BrClO3/c1-10-6-13(18)4-5-15(10)21-9-16(20)22-14-7-11(2)17(19)12(3)8-14/h4-8H,9H2,1-3H3. The Balaban J connectivity index is 1.99. The Morgan fingerprint density at radius 2 is 1.73 bits per heavy atom. The third-order valence-electron chi connectivity index (χ3n) is 3.12. The van der Waals surface area contributed by atoms with Gasteiger partial charge in [-0.15, -0.1) is 0 Å². The van der Waals surface area contributed by atoms with Gasteiger partial charge >= 0.3 is 5.97 Å². The normalized spacial score (nSPS) is 10.4. The first kappa shape index (κ1) is 16.8. The van der Waals surface area contributed by atoms with Crippen LogP contribution >= 0.6 is 27.5 Å². The van der Waals surface area contributed by atoms with Crippen LogP contribution in [0.3, 0.4) is 0 Å². The van der Waals surface area contributed by atoms with E-state index in [9.17, 15) is 4.79 Å². The molecular weight excluding hydrogens is 368 g/mol. The summed E-state index contributed by atoms with van der Waals surface area (Å²) >= 11 is 9.47. The van der Waals surface area contributed by atoms with Crippen LogP contribution in [0.5, 0.6) is 11.5 Å². The van der Waals surface area contributed by atoms with Crippen LogP contribution in [-0.4, -0.2) is 12.6 Å². The number of hydrogen-bond acceptors (Lipinski definition) is 3. The molecule has 116 valence electrons. The second kappa shape index (κ2) is 7.16. The average Bonchev–Trinajstić information content (AvgIpc) is 2.43. The fourth-order valence-electron chi connectivity index (χ4n) is 2.04. The lowest BCUT2D eigenvalue weighted by molar-refractivity contribution is -0.136. The second-order valence-electron chi connectivity index (χ2n) is 5.04. The Morgan fingerprint density at radius 3 is 2.32 bits per heavy atom. The minimum Gasteiger partial charge on any atom is -0.482 e. The van der Waals surface area contributed by atoms with E-state index in [-0.39, 0.29) is 6.61 Å². The average molecular weight is 384 g/mol. The number of esters is 1. The highest BCUT2D eigenvalue weighted by molar-refractivity contribution is 9.10. The molecule has 0 saturated carbocycles. The summed E-state index contributed by atoms with van der Waals surface area (Å²) in [4.78, 5) is 11.9. The zero-order valence-corrected chi connectivity index (χ0v) is 14.9. The maximum absolute atomic E-state index is 11.9. The molecule has 0 heterocycles. The molecule has 2 rings (SSSR count). The second-order valence-corrected chi connectivity index (χ2v) is 6.34. The lowest BCUT2D eigenvalue weighted by Gasteiger charge is -2.11. The van der Waals surface area contributed by atoms with Gasteiger partial charge in [0.25, 0.3) is 0 Å². The van der Waals surface area contributed by atoms with Crippen LogP contribution in [0.2, 0.25) is 5.02 Å². The quantitative estimate of drug-likeness (QED) is 0.550. The number of carbonyl (C=O) groups excluding carboxylic acids is 1. The molecule has 2 aromatic rings. The maximum Gasteiger partial charge on any atom is 0.349 e. The molecule has 0 amide bonds. The molecule has 0 aromatic heterocycles. The first-order valence-corrected chi connectivity index (χ1v) is 7.90. The van der Waals surface area contributed by atoms with Gasteiger partial charge in [0.05, 0.1) is 0 Å². The van der Waals surface area contributed by atoms with Crippen molar-refractivity contribution >= 4 is 33.5 Å². The van der Waals surface area contributed by atoms with Crippen LogP contribution in [0.1, 0.15) is 16.7 Å². The molecule has 22 heavy (non-hydrogen) atoms. The van der Waals surface area contributed by atoms with Crippen molar-refractivity contribution < 1.29 is 14.3 Å². The number of benzene rings is 2. The zero-order chi connectivity index (χ0) is 16.3. The third-order valence-corrected chi connectivity index (χ3v) is 4.21. The van der Waals surface area contributed by atoms with Gasteiger partial charge in [-0.05, 0) is 67.8 Å². The number of halogens is 2. The van der Waals surface area contributed by atoms with Crippen LogP contribution in [0.15, 0.2) is 34.8 Å². The highest BCUT2D eigenvalue weighted by Gasteiger charge is 2.10. The summed E-state index contributed by atoms with van der Waals surface area (Å²) in [5.41, 5.74) is 2.68. The van der Waals surface area contributed by atoms with E-state index in [4.69, 9.17) is 21.1 Å². The summed E-state index contributed by atoms with van der Waals surface area (Å²) in [6.45, 7) is 5.50. The fourth-order valence-corrected chi connectivity index (χ4v) is 2.62. The molecule has 0 spiro atoms. The summed E-state index contributed by atoms with van der Waals surface area (Å²) in [5.74, 6) is 0.674. The molecular formula is C17H16BrClO3. The molecule has 0 atom stereocenters. The Hall–Kier alpha value is -1.52. The molecule has 2 aromatic carbocycles.